The van der Waals surface area contributed by atoms with Gasteiger partial charge in [-0.3, -0.25) is 4.98 Å². The number of aromatic nitrogens is 1. The van der Waals surface area contributed by atoms with Crippen LogP contribution in [0.5, 0.6) is 5.75 Å². The minimum absolute atomic E-state index is 0.174. The second kappa shape index (κ2) is 6.45. The summed E-state index contributed by atoms with van der Waals surface area (Å²) in [6.07, 6.45) is 1.63. The van der Waals surface area contributed by atoms with Crippen LogP contribution in [-0.2, 0) is 10.0 Å². The molecule has 6 heteroatoms. The number of nitrogens with zero attached hydrogens (tertiary/aromatic N) is 1. The Morgan fingerprint density at radius 1 is 1.26 bits per heavy atom. The third kappa shape index (κ3) is 3.82. The summed E-state index contributed by atoms with van der Waals surface area (Å²) in [5.74, 6) is 0.589. The lowest BCUT2D eigenvalue weighted by Gasteiger charge is -2.28. The van der Waals surface area contributed by atoms with Gasteiger partial charge in [-0.15, -0.1) is 0 Å². The van der Waals surface area contributed by atoms with Crippen LogP contribution >= 0.6 is 0 Å². The van der Waals surface area contributed by atoms with E-state index < -0.39 is 10.0 Å². The Hall–Kier alpha value is -1.66. The van der Waals surface area contributed by atoms with Gasteiger partial charge in [-0.25, -0.2) is 13.1 Å². The Kier molecular flexibility index (Phi) is 4.96. The maximum atomic E-state index is 12.8. The summed E-state index contributed by atoms with van der Waals surface area (Å²) in [4.78, 5) is 4.51. The van der Waals surface area contributed by atoms with E-state index in [9.17, 15) is 8.42 Å². The monoisotopic (exact) mass is 336 g/mol. The molecule has 0 amide bonds. The van der Waals surface area contributed by atoms with Crippen LogP contribution in [0.3, 0.4) is 0 Å². The number of nitrogens with one attached hydrogen (secondary N) is 1. The molecule has 0 spiro atoms. The molecule has 5 nitrogen and oxygen atoms in total. The molecular formula is C17H24N2O3S. The van der Waals surface area contributed by atoms with Gasteiger partial charge in [0.1, 0.15) is 11.3 Å². The molecule has 0 saturated carbocycles. The number of ether oxygens (including phenoxy) is 1. The predicted molar refractivity (Wildman–Crippen MR) is 92.2 cm³/mol. The first-order chi connectivity index (χ1) is 10.7. The van der Waals surface area contributed by atoms with Gasteiger partial charge in [-0.1, -0.05) is 20.8 Å². The van der Waals surface area contributed by atoms with Gasteiger partial charge in [0, 0.05) is 17.6 Å². The van der Waals surface area contributed by atoms with Crippen LogP contribution in [0.25, 0.3) is 10.9 Å². The third-order valence-corrected chi connectivity index (χ3v) is 5.51. The quantitative estimate of drug-likeness (QED) is 0.909. The first kappa shape index (κ1) is 17.7. The van der Waals surface area contributed by atoms with E-state index in [2.05, 4.69) is 9.71 Å². The minimum Gasteiger partial charge on any atom is -0.492 e. The highest BCUT2D eigenvalue weighted by atomic mass is 32.2. The second-order valence-electron chi connectivity index (χ2n) is 6.60. The molecule has 0 fully saturated rings. The summed E-state index contributed by atoms with van der Waals surface area (Å²) >= 11 is 0. The number of benzene rings is 1. The largest absolute Gasteiger partial charge is 0.492 e. The van der Waals surface area contributed by atoms with E-state index >= 15 is 0 Å². The highest BCUT2D eigenvalue weighted by Gasteiger charge is 2.27. The molecule has 2 aromatic rings. The van der Waals surface area contributed by atoms with Gasteiger partial charge < -0.3 is 4.74 Å². The van der Waals surface area contributed by atoms with Crippen LogP contribution in [0, 0.1) is 5.41 Å². The average molecular weight is 336 g/mol. The van der Waals surface area contributed by atoms with Crippen molar-refractivity contribution in [1.29, 1.82) is 0 Å². The van der Waals surface area contributed by atoms with Crippen molar-refractivity contribution in [3.05, 3.63) is 30.5 Å². The number of fused-ring (bicyclic) bond motifs is 1. The van der Waals surface area contributed by atoms with E-state index in [1.807, 2.05) is 34.6 Å². The van der Waals surface area contributed by atoms with Crippen LogP contribution in [0.4, 0.5) is 0 Å². The van der Waals surface area contributed by atoms with Gasteiger partial charge in [-0.2, -0.15) is 0 Å². The number of pyridine rings is 1. The minimum atomic E-state index is -3.65. The van der Waals surface area contributed by atoms with Crippen molar-refractivity contribution in [1.82, 2.24) is 9.71 Å². The van der Waals surface area contributed by atoms with Crippen molar-refractivity contribution >= 4 is 20.9 Å². The Balaban J connectivity index is 2.54. The lowest BCUT2D eigenvalue weighted by molar-refractivity contribution is 0.317. The summed E-state index contributed by atoms with van der Waals surface area (Å²) in [7, 11) is -3.65. The van der Waals surface area contributed by atoms with Crippen molar-refractivity contribution < 1.29 is 13.2 Å². The van der Waals surface area contributed by atoms with Crippen LogP contribution in [0.1, 0.15) is 34.6 Å². The molecule has 1 aromatic carbocycles. The van der Waals surface area contributed by atoms with Crippen molar-refractivity contribution in [2.75, 3.05) is 6.61 Å². The van der Waals surface area contributed by atoms with Crippen molar-refractivity contribution in [2.45, 2.75) is 45.6 Å². The highest BCUT2D eigenvalue weighted by molar-refractivity contribution is 7.89. The van der Waals surface area contributed by atoms with Gasteiger partial charge in [-0.05, 0) is 43.5 Å². The molecular weight excluding hydrogens is 312 g/mol. The fourth-order valence-electron chi connectivity index (χ4n) is 2.10. The van der Waals surface area contributed by atoms with Gasteiger partial charge in [0.25, 0.3) is 0 Å². The average Bonchev–Trinajstić information content (AvgIpc) is 2.46. The topological polar surface area (TPSA) is 68.3 Å². The molecule has 0 unspecified atom stereocenters. The first-order valence-electron chi connectivity index (χ1n) is 7.69. The summed E-state index contributed by atoms with van der Waals surface area (Å²) in [6, 6.07) is 6.51. The summed E-state index contributed by atoms with van der Waals surface area (Å²) in [5.41, 5.74) is 0.382. The Bertz CT molecular complexity index is 795. The zero-order valence-corrected chi connectivity index (χ0v) is 15.1. The van der Waals surface area contributed by atoms with Crippen molar-refractivity contribution in [3.63, 3.8) is 0 Å². The van der Waals surface area contributed by atoms with E-state index in [0.29, 0.717) is 23.3 Å². The molecule has 1 heterocycles. The molecule has 1 aromatic heterocycles. The van der Waals surface area contributed by atoms with Gasteiger partial charge in [0.15, 0.2) is 0 Å². The Labute approximate surface area is 138 Å². The molecule has 2 rings (SSSR count). The van der Waals surface area contributed by atoms with E-state index in [4.69, 9.17) is 4.74 Å². The molecule has 0 radical (unpaired) electrons. The van der Waals surface area contributed by atoms with Crippen molar-refractivity contribution in [3.8, 4) is 5.75 Å². The molecule has 126 valence electrons. The number of sulfonamides is 1. The van der Waals surface area contributed by atoms with Gasteiger partial charge in [0.05, 0.1) is 11.5 Å². The fraction of sp³-hybridized carbons (Fsp3) is 0.471. The summed E-state index contributed by atoms with van der Waals surface area (Å²) in [6.45, 7) is 10.2. The molecule has 0 aliphatic heterocycles. The van der Waals surface area contributed by atoms with Gasteiger partial charge >= 0.3 is 0 Å². The zero-order chi connectivity index (χ0) is 17.3. The van der Waals surface area contributed by atoms with E-state index in [1.165, 1.54) is 0 Å². The van der Waals surface area contributed by atoms with E-state index in [0.717, 1.165) is 0 Å². The summed E-state index contributed by atoms with van der Waals surface area (Å²) < 4.78 is 33.9. The van der Waals surface area contributed by atoms with Crippen molar-refractivity contribution in [2.24, 2.45) is 5.41 Å². The highest BCUT2D eigenvalue weighted by Crippen LogP contribution is 2.30. The molecule has 0 aliphatic carbocycles. The first-order valence-corrected chi connectivity index (χ1v) is 9.18. The Morgan fingerprint density at radius 3 is 2.57 bits per heavy atom. The molecule has 1 atom stereocenters. The Morgan fingerprint density at radius 2 is 1.96 bits per heavy atom. The fourth-order valence-corrected chi connectivity index (χ4v) is 3.75. The van der Waals surface area contributed by atoms with E-state index in [-0.39, 0.29) is 16.4 Å². The number of hydrogen-bond acceptors (Lipinski definition) is 4. The SMILES string of the molecule is CCOc1ccc(S(=O)(=O)N[C@H](C)C(C)(C)C)c2cccnc12. The normalized spacial score (nSPS) is 14.0. The predicted octanol–water partition coefficient (Wildman–Crippen LogP) is 3.35. The van der Waals surface area contributed by atoms with Crippen LogP contribution < -0.4 is 9.46 Å². The number of rotatable bonds is 5. The molecule has 0 aliphatic rings. The van der Waals surface area contributed by atoms with Crippen LogP contribution in [0.15, 0.2) is 35.4 Å². The van der Waals surface area contributed by atoms with Crippen LogP contribution in [-0.4, -0.2) is 26.1 Å². The smallest absolute Gasteiger partial charge is 0.241 e. The van der Waals surface area contributed by atoms with Crippen LogP contribution in [0.2, 0.25) is 0 Å². The lowest BCUT2D eigenvalue weighted by atomic mass is 9.89. The second-order valence-corrected chi connectivity index (χ2v) is 8.29. The van der Waals surface area contributed by atoms with E-state index in [1.54, 1.807) is 30.5 Å². The molecule has 1 N–H and O–H groups in total. The standard InChI is InChI=1S/C17H24N2O3S/c1-6-22-14-9-10-15(13-8-7-11-18-16(13)14)23(20,21)19-12(2)17(3,4)5/h7-12,19H,6H2,1-5H3/t12-/m1/s1. The zero-order valence-electron chi connectivity index (χ0n) is 14.3. The lowest BCUT2D eigenvalue weighted by Crippen LogP contribution is -2.41. The molecule has 23 heavy (non-hydrogen) atoms. The molecule has 0 bridgehead atoms. The maximum absolute atomic E-state index is 12.8. The number of hydrogen-bond donors (Lipinski definition) is 1. The molecule has 0 saturated heterocycles. The summed E-state index contributed by atoms with van der Waals surface area (Å²) in [5, 5.41) is 0.562. The maximum Gasteiger partial charge on any atom is 0.241 e. The third-order valence-electron chi connectivity index (χ3n) is 3.91. The van der Waals surface area contributed by atoms with Gasteiger partial charge in [0.2, 0.25) is 10.0 Å².